The van der Waals surface area contributed by atoms with Crippen LogP contribution >= 0.6 is 0 Å². The van der Waals surface area contributed by atoms with E-state index in [0.29, 0.717) is 32.3 Å². The molecular weight excluding hydrogens is 168 g/mol. The Labute approximate surface area is 80.0 Å². The smallest absolute Gasteiger partial charge is 0.114 e. The molecule has 78 valence electrons. The highest BCUT2D eigenvalue weighted by molar-refractivity contribution is 4.86. The van der Waals surface area contributed by atoms with Gasteiger partial charge in [0.25, 0.3) is 0 Å². The summed E-state index contributed by atoms with van der Waals surface area (Å²) < 4.78 is 10.6. The lowest BCUT2D eigenvalue weighted by molar-refractivity contribution is -0.102. The van der Waals surface area contributed by atoms with Gasteiger partial charge in [-0.05, 0) is 11.8 Å². The van der Waals surface area contributed by atoms with Crippen LogP contribution in [0, 0.1) is 11.8 Å². The Balaban J connectivity index is 2.60. The minimum atomic E-state index is -0.801. The van der Waals surface area contributed by atoms with Gasteiger partial charge in [-0.3, -0.25) is 0 Å². The highest BCUT2D eigenvalue weighted by Crippen LogP contribution is 2.26. The average molecular weight is 188 g/mol. The van der Waals surface area contributed by atoms with Crippen molar-refractivity contribution in [3.8, 4) is 0 Å². The lowest BCUT2D eigenvalue weighted by atomic mass is 9.82. The first kappa shape index (κ1) is 11.0. The Morgan fingerprint density at radius 1 is 1.08 bits per heavy atom. The van der Waals surface area contributed by atoms with E-state index in [1.54, 1.807) is 0 Å². The predicted molar refractivity (Wildman–Crippen MR) is 50.6 cm³/mol. The molecule has 1 aliphatic rings. The summed E-state index contributed by atoms with van der Waals surface area (Å²) in [7, 11) is 0. The Morgan fingerprint density at radius 2 is 1.54 bits per heavy atom. The molecule has 1 fully saturated rings. The molecule has 3 heteroatoms. The van der Waals surface area contributed by atoms with Gasteiger partial charge in [0, 0.05) is 0 Å². The summed E-state index contributed by atoms with van der Waals surface area (Å²) in [6.07, 6.45) is 0. The topological polar surface area (TPSA) is 38.7 Å². The van der Waals surface area contributed by atoms with Crippen molar-refractivity contribution in [2.75, 3.05) is 26.4 Å². The van der Waals surface area contributed by atoms with Gasteiger partial charge in [-0.2, -0.15) is 0 Å². The van der Waals surface area contributed by atoms with Crippen LogP contribution in [0.4, 0.5) is 0 Å². The zero-order valence-electron chi connectivity index (χ0n) is 8.75. The molecule has 1 rings (SSSR count). The maximum absolute atomic E-state index is 10.2. The zero-order chi connectivity index (χ0) is 9.90. The second kappa shape index (κ2) is 4.40. The van der Waals surface area contributed by atoms with Crippen LogP contribution < -0.4 is 0 Å². The molecule has 0 spiro atoms. The second-order valence-corrected chi connectivity index (χ2v) is 4.24. The molecule has 1 saturated heterocycles. The van der Waals surface area contributed by atoms with Crippen molar-refractivity contribution >= 4 is 0 Å². The monoisotopic (exact) mass is 188 g/mol. The van der Waals surface area contributed by atoms with Crippen LogP contribution in [-0.4, -0.2) is 37.1 Å². The van der Waals surface area contributed by atoms with E-state index in [-0.39, 0.29) is 5.92 Å². The van der Waals surface area contributed by atoms with Crippen LogP contribution in [0.5, 0.6) is 0 Å². The molecule has 0 saturated carbocycles. The van der Waals surface area contributed by atoms with Gasteiger partial charge in [0.1, 0.15) is 5.60 Å². The fourth-order valence-electron chi connectivity index (χ4n) is 1.54. The molecule has 1 heterocycles. The molecule has 1 aliphatic heterocycles. The highest BCUT2D eigenvalue weighted by atomic mass is 16.6. The van der Waals surface area contributed by atoms with Crippen LogP contribution in [0.3, 0.4) is 0 Å². The van der Waals surface area contributed by atoms with Gasteiger partial charge in [0.15, 0.2) is 0 Å². The molecule has 1 atom stereocenters. The first-order valence-corrected chi connectivity index (χ1v) is 4.94. The summed E-state index contributed by atoms with van der Waals surface area (Å²) in [6.45, 7) is 8.22. The van der Waals surface area contributed by atoms with E-state index in [9.17, 15) is 5.11 Å². The number of hydrogen-bond donors (Lipinski definition) is 1. The summed E-state index contributed by atoms with van der Waals surface area (Å²) in [4.78, 5) is 0. The third-order valence-corrected chi connectivity index (χ3v) is 2.92. The maximum atomic E-state index is 10.2. The van der Waals surface area contributed by atoms with Gasteiger partial charge in [-0.25, -0.2) is 0 Å². The van der Waals surface area contributed by atoms with E-state index in [1.807, 2.05) is 6.92 Å². The van der Waals surface area contributed by atoms with Gasteiger partial charge >= 0.3 is 0 Å². The minimum Gasteiger partial charge on any atom is -0.385 e. The second-order valence-electron chi connectivity index (χ2n) is 4.24. The van der Waals surface area contributed by atoms with Crippen LogP contribution in [-0.2, 0) is 9.47 Å². The molecule has 0 aromatic heterocycles. The first-order chi connectivity index (χ1) is 6.06. The Morgan fingerprint density at radius 3 is 1.92 bits per heavy atom. The van der Waals surface area contributed by atoms with Crippen molar-refractivity contribution in [3.63, 3.8) is 0 Å². The molecule has 0 aliphatic carbocycles. The fraction of sp³-hybridized carbons (Fsp3) is 1.00. The fourth-order valence-corrected chi connectivity index (χ4v) is 1.54. The molecule has 13 heavy (non-hydrogen) atoms. The lowest BCUT2D eigenvalue weighted by Crippen LogP contribution is -2.46. The third kappa shape index (κ3) is 2.66. The highest BCUT2D eigenvalue weighted by Gasteiger charge is 2.37. The van der Waals surface area contributed by atoms with Crippen LogP contribution in [0.1, 0.15) is 20.8 Å². The maximum Gasteiger partial charge on any atom is 0.114 e. The van der Waals surface area contributed by atoms with Gasteiger partial charge in [-0.1, -0.05) is 20.8 Å². The molecule has 0 aromatic carbocycles. The van der Waals surface area contributed by atoms with Crippen molar-refractivity contribution in [2.45, 2.75) is 26.4 Å². The quantitative estimate of drug-likeness (QED) is 0.704. The number of ether oxygens (including phenoxy) is 2. The third-order valence-electron chi connectivity index (χ3n) is 2.92. The number of hydrogen-bond acceptors (Lipinski definition) is 3. The van der Waals surface area contributed by atoms with E-state index >= 15 is 0 Å². The first-order valence-electron chi connectivity index (χ1n) is 4.94. The molecular formula is C10H20O3. The van der Waals surface area contributed by atoms with Crippen molar-refractivity contribution in [3.05, 3.63) is 0 Å². The Hall–Kier alpha value is -0.120. The van der Waals surface area contributed by atoms with E-state index in [4.69, 9.17) is 9.47 Å². The van der Waals surface area contributed by atoms with Crippen molar-refractivity contribution in [1.82, 2.24) is 0 Å². The number of rotatable bonds is 2. The summed E-state index contributed by atoms with van der Waals surface area (Å²) in [5, 5.41) is 10.2. The Kier molecular flexibility index (Phi) is 3.71. The molecule has 0 amide bonds. The molecule has 1 N–H and O–H groups in total. The van der Waals surface area contributed by atoms with Gasteiger partial charge in [-0.15, -0.1) is 0 Å². The predicted octanol–water partition coefficient (Wildman–Crippen LogP) is 1.06. The standard InChI is InChI=1S/C10H20O3/c1-8(2)9(3)10(11)6-12-4-5-13-7-10/h8-9,11H,4-7H2,1-3H3. The normalized spacial score (nSPS) is 25.6. The number of aliphatic hydroxyl groups is 1. The van der Waals surface area contributed by atoms with Crippen LogP contribution in [0.25, 0.3) is 0 Å². The van der Waals surface area contributed by atoms with Crippen LogP contribution in [0.15, 0.2) is 0 Å². The Bertz CT molecular complexity index is 148. The summed E-state index contributed by atoms with van der Waals surface area (Å²) in [6, 6.07) is 0. The largest absolute Gasteiger partial charge is 0.385 e. The zero-order valence-corrected chi connectivity index (χ0v) is 8.75. The summed E-state index contributed by atoms with van der Waals surface area (Å²) >= 11 is 0. The summed E-state index contributed by atoms with van der Waals surface area (Å²) in [5.41, 5.74) is -0.801. The molecule has 0 aromatic rings. The molecule has 0 radical (unpaired) electrons. The summed E-state index contributed by atoms with van der Waals surface area (Å²) in [5.74, 6) is 0.640. The van der Waals surface area contributed by atoms with E-state index in [2.05, 4.69) is 13.8 Å². The minimum absolute atomic E-state index is 0.200. The van der Waals surface area contributed by atoms with E-state index in [1.165, 1.54) is 0 Å². The molecule has 3 nitrogen and oxygen atoms in total. The van der Waals surface area contributed by atoms with E-state index in [0.717, 1.165) is 0 Å². The van der Waals surface area contributed by atoms with Crippen molar-refractivity contribution < 1.29 is 14.6 Å². The lowest BCUT2D eigenvalue weighted by Gasteiger charge is -2.34. The van der Waals surface area contributed by atoms with Gasteiger partial charge in [0.2, 0.25) is 0 Å². The van der Waals surface area contributed by atoms with Crippen molar-refractivity contribution in [2.24, 2.45) is 11.8 Å². The SMILES string of the molecule is CC(C)C(C)C1(O)COCCOC1. The molecule has 1 unspecified atom stereocenters. The molecule has 0 bridgehead atoms. The van der Waals surface area contributed by atoms with Crippen molar-refractivity contribution in [1.29, 1.82) is 0 Å². The van der Waals surface area contributed by atoms with Gasteiger partial charge in [0.05, 0.1) is 26.4 Å². The van der Waals surface area contributed by atoms with E-state index < -0.39 is 5.60 Å². The van der Waals surface area contributed by atoms with Gasteiger partial charge < -0.3 is 14.6 Å². The van der Waals surface area contributed by atoms with Crippen LogP contribution in [0.2, 0.25) is 0 Å². The average Bonchev–Trinajstić information content (AvgIpc) is 2.29.